The van der Waals surface area contributed by atoms with Gasteiger partial charge in [-0.3, -0.25) is 9.69 Å². The molecule has 8 heteroatoms. The fraction of sp³-hybridized carbons (Fsp3) is 0.750. The van der Waals surface area contributed by atoms with E-state index in [0.29, 0.717) is 18.9 Å². The van der Waals surface area contributed by atoms with Gasteiger partial charge in [0.1, 0.15) is 5.76 Å². The number of hydrogen-bond donors (Lipinski definition) is 2. The van der Waals surface area contributed by atoms with Gasteiger partial charge in [0.25, 0.3) is 0 Å². The van der Waals surface area contributed by atoms with E-state index in [1.54, 1.807) is 0 Å². The number of carbonyl (C=O) groups is 1. The summed E-state index contributed by atoms with van der Waals surface area (Å²) in [5.74, 6) is 2.42. The number of nitrogens with one attached hydrogen (secondary N) is 1. The van der Waals surface area contributed by atoms with Gasteiger partial charge in [-0.15, -0.1) is 24.8 Å². The number of rotatable bonds is 7. The molecule has 0 atom stereocenters. The van der Waals surface area contributed by atoms with Gasteiger partial charge in [0, 0.05) is 13.0 Å². The first-order chi connectivity index (χ1) is 10.6. The van der Waals surface area contributed by atoms with Gasteiger partial charge in [0.2, 0.25) is 11.8 Å². The molecule has 3 N–H and O–H groups in total. The third-order valence-electron chi connectivity index (χ3n) is 4.33. The molecule has 1 fully saturated rings. The molecule has 1 amide bonds. The minimum Gasteiger partial charge on any atom is -0.444 e. The van der Waals surface area contributed by atoms with Gasteiger partial charge in [-0.2, -0.15) is 0 Å². The van der Waals surface area contributed by atoms with E-state index < -0.39 is 0 Å². The minimum atomic E-state index is 0. The van der Waals surface area contributed by atoms with Crippen molar-refractivity contribution >= 4 is 30.7 Å². The topological polar surface area (TPSA) is 84.4 Å². The normalized spacial score (nSPS) is 15.5. The molecule has 0 saturated carbocycles. The molecule has 0 bridgehead atoms. The van der Waals surface area contributed by atoms with Crippen LogP contribution < -0.4 is 11.1 Å². The molecule has 1 aromatic rings. The number of hydrogen-bond acceptors (Lipinski definition) is 5. The Balaban J connectivity index is 0.00000264. The summed E-state index contributed by atoms with van der Waals surface area (Å²) in [6.45, 7) is 8.13. The van der Waals surface area contributed by atoms with Crippen molar-refractivity contribution in [2.75, 3.05) is 26.2 Å². The SMILES string of the molecule is Cc1nc(CN2CCC(CNC(=O)CCCN)CC2)oc1C.Cl.Cl. The smallest absolute Gasteiger partial charge is 0.220 e. The van der Waals surface area contributed by atoms with E-state index in [0.717, 1.165) is 62.8 Å². The summed E-state index contributed by atoms with van der Waals surface area (Å²) in [5.41, 5.74) is 6.38. The zero-order valence-electron chi connectivity index (χ0n) is 14.5. The van der Waals surface area contributed by atoms with Crippen molar-refractivity contribution in [3.05, 3.63) is 17.3 Å². The average Bonchev–Trinajstić information content (AvgIpc) is 2.82. The summed E-state index contributed by atoms with van der Waals surface area (Å²) in [7, 11) is 0. The van der Waals surface area contributed by atoms with Crippen LogP contribution in [0.5, 0.6) is 0 Å². The van der Waals surface area contributed by atoms with Gasteiger partial charge >= 0.3 is 0 Å². The quantitative estimate of drug-likeness (QED) is 0.757. The number of piperidine rings is 1. The van der Waals surface area contributed by atoms with Crippen LogP contribution in [-0.2, 0) is 11.3 Å². The molecule has 0 radical (unpaired) electrons. The molecule has 6 nitrogen and oxygen atoms in total. The maximum Gasteiger partial charge on any atom is 0.220 e. The molecule has 2 heterocycles. The van der Waals surface area contributed by atoms with Crippen molar-refractivity contribution in [2.24, 2.45) is 11.7 Å². The third-order valence-corrected chi connectivity index (χ3v) is 4.33. The second-order valence-electron chi connectivity index (χ2n) is 6.17. The first-order valence-corrected chi connectivity index (χ1v) is 8.20. The van der Waals surface area contributed by atoms with E-state index in [2.05, 4.69) is 15.2 Å². The largest absolute Gasteiger partial charge is 0.444 e. The van der Waals surface area contributed by atoms with E-state index in [1.807, 2.05) is 13.8 Å². The number of oxazole rings is 1. The number of aryl methyl sites for hydroxylation is 2. The number of nitrogens with two attached hydrogens (primary N) is 1. The highest BCUT2D eigenvalue weighted by Crippen LogP contribution is 2.19. The van der Waals surface area contributed by atoms with Crippen LogP contribution in [0.4, 0.5) is 0 Å². The van der Waals surface area contributed by atoms with Gasteiger partial charge in [0.05, 0.1) is 12.2 Å². The van der Waals surface area contributed by atoms with Crippen LogP contribution in [0.3, 0.4) is 0 Å². The molecule has 1 aliphatic heterocycles. The fourth-order valence-corrected chi connectivity index (χ4v) is 2.76. The first-order valence-electron chi connectivity index (χ1n) is 8.20. The highest BCUT2D eigenvalue weighted by atomic mass is 35.5. The lowest BCUT2D eigenvalue weighted by Crippen LogP contribution is -2.38. The van der Waals surface area contributed by atoms with Crippen molar-refractivity contribution in [3.8, 4) is 0 Å². The molecule has 1 aliphatic rings. The molecular weight excluding hydrogens is 351 g/mol. The Hall–Kier alpha value is -0.820. The number of aromatic nitrogens is 1. The maximum atomic E-state index is 11.6. The minimum absolute atomic E-state index is 0. The number of halogens is 2. The lowest BCUT2D eigenvalue weighted by atomic mass is 9.96. The zero-order chi connectivity index (χ0) is 15.9. The average molecular weight is 381 g/mol. The molecule has 0 aromatic carbocycles. The Morgan fingerprint density at radius 2 is 2.00 bits per heavy atom. The van der Waals surface area contributed by atoms with Crippen LogP contribution in [0.2, 0.25) is 0 Å². The summed E-state index contributed by atoms with van der Waals surface area (Å²) in [6.07, 6.45) is 3.52. The first kappa shape index (κ1) is 23.2. The predicted molar refractivity (Wildman–Crippen MR) is 99.8 cm³/mol. The van der Waals surface area contributed by atoms with E-state index in [-0.39, 0.29) is 30.7 Å². The molecule has 140 valence electrons. The highest BCUT2D eigenvalue weighted by Gasteiger charge is 2.21. The molecular formula is C16H30Cl2N4O2. The summed E-state index contributed by atoms with van der Waals surface area (Å²) in [4.78, 5) is 18.4. The van der Waals surface area contributed by atoms with Crippen molar-refractivity contribution in [1.29, 1.82) is 0 Å². The zero-order valence-corrected chi connectivity index (χ0v) is 16.2. The summed E-state index contributed by atoms with van der Waals surface area (Å²) >= 11 is 0. The summed E-state index contributed by atoms with van der Waals surface area (Å²) in [5, 5.41) is 3.02. The van der Waals surface area contributed by atoms with Gasteiger partial charge in [-0.1, -0.05) is 0 Å². The van der Waals surface area contributed by atoms with Crippen LogP contribution >= 0.6 is 24.8 Å². The van der Waals surface area contributed by atoms with E-state index in [9.17, 15) is 4.79 Å². The molecule has 24 heavy (non-hydrogen) atoms. The van der Waals surface area contributed by atoms with Gasteiger partial charge in [-0.25, -0.2) is 4.98 Å². The Labute approximate surface area is 156 Å². The molecule has 0 unspecified atom stereocenters. The fourth-order valence-electron chi connectivity index (χ4n) is 2.76. The van der Waals surface area contributed by atoms with Gasteiger partial charge in [-0.05, 0) is 58.7 Å². The second-order valence-corrected chi connectivity index (χ2v) is 6.17. The van der Waals surface area contributed by atoms with Gasteiger partial charge < -0.3 is 15.5 Å². The Morgan fingerprint density at radius 1 is 1.33 bits per heavy atom. The van der Waals surface area contributed by atoms with E-state index in [4.69, 9.17) is 10.2 Å². The Morgan fingerprint density at radius 3 is 2.54 bits per heavy atom. The van der Waals surface area contributed by atoms with Crippen molar-refractivity contribution in [3.63, 3.8) is 0 Å². The van der Waals surface area contributed by atoms with Crippen molar-refractivity contribution in [1.82, 2.24) is 15.2 Å². The van der Waals surface area contributed by atoms with Crippen molar-refractivity contribution in [2.45, 2.75) is 46.1 Å². The maximum absolute atomic E-state index is 11.6. The number of nitrogens with zero attached hydrogens (tertiary/aromatic N) is 2. The van der Waals surface area contributed by atoms with Crippen molar-refractivity contribution < 1.29 is 9.21 Å². The molecule has 1 aromatic heterocycles. The van der Waals surface area contributed by atoms with Gasteiger partial charge in [0.15, 0.2) is 0 Å². The Kier molecular flexibility index (Phi) is 11.3. The number of amides is 1. The molecule has 2 rings (SSSR count). The third kappa shape index (κ3) is 7.38. The summed E-state index contributed by atoms with van der Waals surface area (Å²) < 4.78 is 5.64. The second kappa shape index (κ2) is 11.7. The molecule has 1 saturated heterocycles. The highest BCUT2D eigenvalue weighted by molar-refractivity contribution is 5.85. The van der Waals surface area contributed by atoms with Crippen LogP contribution in [0.15, 0.2) is 4.42 Å². The van der Waals surface area contributed by atoms with Crippen LogP contribution in [0.1, 0.15) is 43.0 Å². The lowest BCUT2D eigenvalue weighted by Gasteiger charge is -2.31. The van der Waals surface area contributed by atoms with Crippen LogP contribution in [-0.4, -0.2) is 42.0 Å². The Bertz CT molecular complexity index is 469. The number of likely N-dealkylation sites (tertiary alicyclic amines) is 1. The summed E-state index contributed by atoms with van der Waals surface area (Å²) in [6, 6.07) is 0. The van der Waals surface area contributed by atoms with Crippen LogP contribution in [0.25, 0.3) is 0 Å². The molecule has 0 spiro atoms. The standard InChI is InChI=1S/C16H28N4O2.2ClH/c1-12-13(2)22-16(19-12)11-20-8-5-14(6-9-20)10-18-15(21)4-3-7-17;;/h14H,3-11,17H2,1-2H3,(H,18,21);2*1H. The van der Waals surface area contributed by atoms with Crippen LogP contribution in [0, 0.1) is 19.8 Å². The predicted octanol–water partition coefficient (Wildman–Crippen LogP) is 2.20. The van der Waals surface area contributed by atoms with E-state index >= 15 is 0 Å². The molecule has 0 aliphatic carbocycles. The number of carbonyl (C=O) groups excluding carboxylic acids is 1. The lowest BCUT2D eigenvalue weighted by molar-refractivity contribution is -0.121. The monoisotopic (exact) mass is 380 g/mol. The van der Waals surface area contributed by atoms with E-state index in [1.165, 1.54) is 0 Å².